The highest BCUT2D eigenvalue weighted by atomic mass is 35.5. The summed E-state index contributed by atoms with van der Waals surface area (Å²) < 4.78 is 11.2. The maximum Gasteiger partial charge on any atom is 0.261 e. The van der Waals surface area contributed by atoms with Crippen LogP contribution in [0.1, 0.15) is 16.1 Å². The zero-order chi connectivity index (χ0) is 12.3. The monoisotopic (exact) mass is 275 g/mol. The minimum Gasteiger partial charge on any atom is -0.379 e. The van der Waals surface area contributed by atoms with E-state index in [9.17, 15) is 4.79 Å². The first-order chi connectivity index (χ1) is 8.20. The predicted molar refractivity (Wildman–Crippen MR) is 66.8 cm³/mol. The first-order valence-corrected chi connectivity index (χ1v) is 6.57. The average Bonchev–Trinajstić information content (AvgIpc) is 2.77. The van der Waals surface area contributed by atoms with Gasteiger partial charge in [-0.25, -0.2) is 0 Å². The molecule has 1 aliphatic heterocycles. The van der Waals surface area contributed by atoms with E-state index in [1.807, 2.05) is 0 Å². The molecule has 0 spiro atoms. The molecule has 1 aromatic heterocycles. The number of carbonyl (C=O) groups is 1. The standard InChI is InChI=1S/C11H14ClNO3S/c1-15-8-6-16-5-4-7(8)13-11(14)9-2-3-10(12)17-9/h2-3,7-8H,4-6H2,1H3,(H,13,14)/t7-,8-/m1/s1. The van der Waals surface area contributed by atoms with Crippen LogP contribution in [0.25, 0.3) is 0 Å². The summed E-state index contributed by atoms with van der Waals surface area (Å²) in [5.74, 6) is -0.101. The first-order valence-electron chi connectivity index (χ1n) is 5.37. The molecule has 0 aliphatic carbocycles. The lowest BCUT2D eigenvalue weighted by Crippen LogP contribution is -2.49. The third-order valence-corrected chi connectivity index (χ3v) is 3.95. The maximum absolute atomic E-state index is 11.9. The molecular formula is C11H14ClNO3S. The Balaban J connectivity index is 1.97. The minimum absolute atomic E-state index is 0.00197. The van der Waals surface area contributed by atoms with Crippen molar-refractivity contribution in [2.45, 2.75) is 18.6 Å². The number of methoxy groups -OCH3 is 1. The Kier molecular flexibility index (Phi) is 4.39. The molecule has 4 nitrogen and oxygen atoms in total. The Morgan fingerprint density at radius 3 is 3.12 bits per heavy atom. The SMILES string of the molecule is CO[C@@H]1COCC[C@H]1NC(=O)c1ccc(Cl)s1. The van der Waals surface area contributed by atoms with Gasteiger partial charge >= 0.3 is 0 Å². The van der Waals surface area contributed by atoms with Gasteiger partial charge in [0, 0.05) is 13.7 Å². The van der Waals surface area contributed by atoms with Crippen molar-refractivity contribution in [1.29, 1.82) is 0 Å². The molecule has 1 aromatic rings. The molecule has 0 aromatic carbocycles. The van der Waals surface area contributed by atoms with E-state index >= 15 is 0 Å². The molecule has 0 radical (unpaired) electrons. The van der Waals surface area contributed by atoms with Crippen LogP contribution in [0.2, 0.25) is 4.34 Å². The molecule has 2 heterocycles. The summed E-state index contributed by atoms with van der Waals surface area (Å²) in [6.07, 6.45) is 0.687. The molecule has 2 rings (SSSR count). The molecule has 6 heteroatoms. The van der Waals surface area contributed by atoms with E-state index < -0.39 is 0 Å². The van der Waals surface area contributed by atoms with E-state index in [4.69, 9.17) is 21.1 Å². The zero-order valence-corrected chi connectivity index (χ0v) is 11.0. The van der Waals surface area contributed by atoms with Gasteiger partial charge in [-0.2, -0.15) is 0 Å². The van der Waals surface area contributed by atoms with Crippen LogP contribution in [0.5, 0.6) is 0 Å². The van der Waals surface area contributed by atoms with Gasteiger partial charge in [-0.05, 0) is 18.6 Å². The molecule has 0 saturated carbocycles. The van der Waals surface area contributed by atoms with Crippen LogP contribution in [0.15, 0.2) is 12.1 Å². The number of nitrogens with one attached hydrogen (secondary N) is 1. The van der Waals surface area contributed by atoms with E-state index in [1.54, 1.807) is 19.2 Å². The van der Waals surface area contributed by atoms with Crippen molar-refractivity contribution in [2.24, 2.45) is 0 Å². The van der Waals surface area contributed by atoms with Gasteiger partial charge in [-0.1, -0.05) is 11.6 Å². The van der Waals surface area contributed by atoms with E-state index in [-0.39, 0.29) is 18.1 Å². The maximum atomic E-state index is 11.9. The molecule has 0 unspecified atom stereocenters. The van der Waals surface area contributed by atoms with Gasteiger partial charge < -0.3 is 14.8 Å². The number of hydrogen-bond acceptors (Lipinski definition) is 4. The Hall–Kier alpha value is -0.620. The molecule has 1 N–H and O–H groups in total. The highest BCUT2D eigenvalue weighted by Gasteiger charge is 2.27. The largest absolute Gasteiger partial charge is 0.379 e. The fourth-order valence-electron chi connectivity index (χ4n) is 1.79. The number of ether oxygens (including phenoxy) is 2. The zero-order valence-electron chi connectivity index (χ0n) is 9.44. The van der Waals surface area contributed by atoms with Crippen LogP contribution in [0.4, 0.5) is 0 Å². The molecule has 94 valence electrons. The molecular weight excluding hydrogens is 262 g/mol. The van der Waals surface area contributed by atoms with Gasteiger partial charge in [0.25, 0.3) is 5.91 Å². The van der Waals surface area contributed by atoms with Gasteiger partial charge in [-0.15, -0.1) is 11.3 Å². The van der Waals surface area contributed by atoms with Crippen LogP contribution in [-0.2, 0) is 9.47 Å². The number of rotatable bonds is 3. The predicted octanol–water partition coefficient (Wildman–Crippen LogP) is 1.94. The number of halogens is 1. The fraction of sp³-hybridized carbons (Fsp3) is 0.545. The second-order valence-electron chi connectivity index (χ2n) is 3.82. The summed E-state index contributed by atoms with van der Waals surface area (Å²) in [6.45, 7) is 1.17. The Bertz CT molecular complexity index is 396. The Morgan fingerprint density at radius 1 is 1.65 bits per heavy atom. The number of hydrogen-bond donors (Lipinski definition) is 1. The van der Waals surface area contributed by atoms with Crippen LogP contribution in [-0.4, -0.2) is 38.4 Å². The molecule has 1 fully saturated rings. The van der Waals surface area contributed by atoms with Crippen molar-refractivity contribution in [3.05, 3.63) is 21.3 Å². The third-order valence-electron chi connectivity index (χ3n) is 2.72. The highest BCUT2D eigenvalue weighted by Crippen LogP contribution is 2.22. The summed E-state index contributed by atoms with van der Waals surface area (Å²) in [5.41, 5.74) is 0. The summed E-state index contributed by atoms with van der Waals surface area (Å²) in [5, 5.41) is 2.96. The summed E-state index contributed by atoms with van der Waals surface area (Å²) in [7, 11) is 1.63. The third kappa shape index (κ3) is 3.19. The van der Waals surface area contributed by atoms with Gasteiger partial charge in [0.1, 0.15) is 6.10 Å². The van der Waals surface area contributed by atoms with Gasteiger partial charge in [0.2, 0.25) is 0 Å². The van der Waals surface area contributed by atoms with Crippen LogP contribution in [0, 0.1) is 0 Å². The number of carbonyl (C=O) groups excluding carboxylic acids is 1. The van der Waals surface area contributed by atoms with E-state index in [2.05, 4.69) is 5.32 Å². The summed E-state index contributed by atoms with van der Waals surface area (Å²) >= 11 is 7.07. The van der Waals surface area contributed by atoms with Crippen molar-refractivity contribution in [2.75, 3.05) is 20.3 Å². The van der Waals surface area contributed by atoms with Crippen LogP contribution < -0.4 is 5.32 Å². The lowest BCUT2D eigenvalue weighted by molar-refractivity contribution is -0.0478. The van der Waals surface area contributed by atoms with E-state index in [1.165, 1.54) is 11.3 Å². The topological polar surface area (TPSA) is 47.6 Å². The number of thiophene rings is 1. The summed E-state index contributed by atoms with van der Waals surface area (Å²) in [4.78, 5) is 12.6. The molecule has 1 aliphatic rings. The van der Waals surface area contributed by atoms with Crippen LogP contribution >= 0.6 is 22.9 Å². The minimum atomic E-state index is -0.101. The Morgan fingerprint density at radius 2 is 2.47 bits per heavy atom. The molecule has 2 atom stereocenters. The highest BCUT2D eigenvalue weighted by molar-refractivity contribution is 7.17. The average molecular weight is 276 g/mol. The molecule has 1 amide bonds. The number of amides is 1. The van der Waals surface area contributed by atoms with Crippen molar-refractivity contribution in [3.63, 3.8) is 0 Å². The van der Waals surface area contributed by atoms with E-state index in [0.29, 0.717) is 22.4 Å². The quantitative estimate of drug-likeness (QED) is 0.917. The summed E-state index contributed by atoms with van der Waals surface area (Å²) in [6, 6.07) is 3.45. The smallest absolute Gasteiger partial charge is 0.261 e. The molecule has 17 heavy (non-hydrogen) atoms. The molecule has 0 bridgehead atoms. The molecule has 1 saturated heterocycles. The lowest BCUT2D eigenvalue weighted by atomic mass is 10.1. The van der Waals surface area contributed by atoms with Gasteiger partial charge in [-0.3, -0.25) is 4.79 Å². The normalized spacial score (nSPS) is 24.6. The second-order valence-corrected chi connectivity index (χ2v) is 5.54. The van der Waals surface area contributed by atoms with Gasteiger partial charge in [0.15, 0.2) is 0 Å². The lowest BCUT2D eigenvalue weighted by Gasteiger charge is -2.30. The second kappa shape index (κ2) is 5.82. The van der Waals surface area contributed by atoms with Gasteiger partial charge in [0.05, 0.1) is 21.9 Å². The fourth-order valence-corrected chi connectivity index (χ4v) is 2.73. The van der Waals surface area contributed by atoms with Crippen LogP contribution in [0.3, 0.4) is 0 Å². The van der Waals surface area contributed by atoms with E-state index in [0.717, 1.165) is 6.42 Å². The Labute approximate surface area is 109 Å². The van der Waals surface area contributed by atoms with Crippen molar-refractivity contribution >= 4 is 28.8 Å². The van der Waals surface area contributed by atoms with Crippen molar-refractivity contribution in [1.82, 2.24) is 5.32 Å². The van der Waals surface area contributed by atoms with Crippen molar-refractivity contribution < 1.29 is 14.3 Å². The first kappa shape index (κ1) is 12.8. The van der Waals surface area contributed by atoms with Crippen molar-refractivity contribution in [3.8, 4) is 0 Å².